The average Bonchev–Trinajstić information content (AvgIpc) is 2.73. The molecule has 1 aromatic rings. The molecule has 16 heavy (non-hydrogen) atoms. The molecule has 0 aliphatic carbocycles. The van der Waals surface area contributed by atoms with E-state index in [0.717, 1.165) is 12.1 Å². The van der Waals surface area contributed by atoms with E-state index in [1.54, 1.807) is 20.2 Å². The zero-order valence-corrected chi connectivity index (χ0v) is 9.58. The molecule has 6 nitrogen and oxygen atoms in total. The van der Waals surface area contributed by atoms with E-state index in [-0.39, 0.29) is 5.97 Å². The largest absolute Gasteiger partial charge is 0.461 e. The van der Waals surface area contributed by atoms with Crippen LogP contribution in [0.3, 0.4) is 0 Å². The van der Waals surface area contributed by atoms with Crippen molar-refractivity contribution in [3.63, 3.8) is 0 Å². The predicted octanol–water partition coefficient (Wildman–Crippen LogP) is 0.322. The van der Waals surface area contributed by atoms with Gasteiger partial charge in [-0.1, -0.05) is 0 Å². The van der Waals surface area contributed by atoms with Crippen LogP contribution in [0.25, 0.3) is 0 Å². The molecule has 0 aliphatic heterocycles. The average molecular weight is 227 g/mol. The highest BCUT2D eigenvalue weighted by Gasteiger charge is 2.13. The number of carbonyl (C=O) groups is 1. The number of aromatic amines is 1. The van der Waals surface area contributed by atoms with Gasteiger partial charge in [0.2, 0.25) is 0 Å². The van der Waals surface area contributed by atoms with E-state index in [4.69, 9.17) is 9.47 Å². The van der Waals surface area contributed by atoms with Gasteiger partial charge in [-0.15, -0.1) is 0 Å². The maximum atomic E-state index is 11.5. The van der Waals surface area contributed by atoms with Gasteiger partial charge in [-0.05, 0) is 6.92 Å². The molecule has 2 N–H and O–H groups in total. The lowest BCUT2D eigenvalue weighted by atomic mass is 10.2. The summed E-state index contributed by atoms with van der Waals surface area (Å²) in [7, 11) is 1.64. The molecule has 1 rings (SSSR count). The molecule has 0 spiro atoms. The van der Waals surface area contributed by atoms with Crippen LogP contribution in [0.5, 0.6) is 0 Å². The van der Waals surface area contributed by atoms with Crippen LogP contribution in [0.15, 0.2) is 6.20 Å². The number of hydrogen-bond acceptors (Lipinski definition) is 5. The fourth-order valence-corrected chi connectivity index (χ4v) is 1.22. The first kappa shape index (κ1) is 12.7. The highest BCUT2D eigenvalue weighted by atomic mass is 16.5. The minimum atomic E-state index is -0.372. The molecule has 0 radical (unpaired) electrons. The van der Waals surface area contributed by atoms with Gasteiger partial charge in [0.1, 0.15) is 5.69 Å². The number of aromatic nitrogens is 2. The first-order valence-electron chi connectivity index (χ1n) is 5.18. The Labute approximate surface area is 94.3 Å². The first-order valence-corrected chi connectivity index (χ1v) is 5.18. The Morgan fingerprint density at radius 2 is 2.44 bits per heavy atom. The lowest BCUT2D eigenvalue weighted by Crippen LogP contribution is -2.20. The molecule has 90 valence electrons. The van der Waals surface area contributed by atoms with Crippen LogP contribution >= 0.6 is 0 Å². The summed E-state index contributed by atoms with van der Waals surface area (Å²) in [6.45, 7) is 4.05. The Kier molecular flexibility index (Phi) is 5.52. The number of ether oxygens (including phenoxy) is 2. The van der Waals surface area contributed by atoms with Crippen LogP contribution < -0.4 is 5.32 Å². The SMILES string of the molecule is CCOC(=O)c1[nH]ncc1CNCCOC. The summed E-state index contributed by atoms with van der Waals surface area (Å²) in [6.07, 6.45) is 1.62. The maximum Gasteiger partial charge on any atom is 0.356 e. The van der Waals surface area contributed by atoms with Gasteiger partial charge in [0.05, 0.1) is 19.4 Å². The summed E-state index contributed by atoms with van der Waals surface area (Å²) in [5.74, 6) is -0.372. The molecule has 0 unspecified atom stereocenters. The molecule has 0 aromatic carbocycles. The van der Waals surface area contributed by atoms with Gasteiger partial charge in [0.25, 0.3) is 0 Å². The van der Waals surface area contributed by atoms with Crippen molar-refractivity contribution in [2.24, 2.45) is 0 Å². The summed E-state index contributed by atoms with van der Waals surface area (Å²) < 4.78 is 9.79. The van der Waals surface area contributed by atoms with Crippen molar-refractivity contribution < 1.29 is 14.3 Å². The normalized spacial score (nSPS) is 10.4. The fourth-order valence-electron chi connectivity index (χ4n) is 1.22. The second-order valence-corrected chi connectivity index (χ2v) is 3.16. The predicted molar refractivity (Wildman–Crippen MR) is 58.1 cm³/mol. The number of esters is 1. The molecular weight excluding hydrogens is 210 g/mol. The molecule has 0 atom stereocenters. The summed E-state index contributed by atoms with van der Waals surface area (Å²) in [5.41, 5.74) is 1.21. The van der Waals surface area contributed by atoms with Gasteiger partial charge < -0.3 is 14.8 Å². The van der Waals surface area contributed by atoms with Crippen LogP contribution in [0.4, 0.5) is 0 Å². The fraction of sp³-hybridized carbons (Fsp3) is 0.600. The third kappa shape index (κ3) is 3.63. The molecule has 1 heterocycles. The lowest BCUT2D eigenvalue weighted by Gasteiger charge is -2.04. The van der Waals surface area contributed by atoms with E-state index < -0.39 is 0 Å². The zero-order valence-electron chi connectivity index (χ0n) is 9.58. The Bertz CT molecular complexity index is 325. The lowest BCUT2D eigenvalue weighted by molar-refractivity contribution is 0.0518. The van der Waals surface area contributed by atoms with Crippen molar-refractivity contribution in [2.75, 3.05) is 26.9 Å². The van der Waals surface area contributed by atoms with E-state index >= 15 is 0 Å². The van der Waals surface area contributed by atoms with Crippen LogP contribution in [0.2, 0.25) is 0 Å². The van der Waals surface area contributed by atoms with Crippen molar-refractivity contribution in [1.29, 1.82) is 0 Å². The summed E-state index contributed by atoms with van der Waals surface area (Å²) in [4.78, 5) is 11.5. The van der Waals surface area contributed by atoms with Crippen molar-refractivity contribution in [2.45, 2.75) is 13.5 Å². The number of H-pyrrole nitrogens is 1. The minimum absolute atomic E-state index is 0.356. The number of carbonyl (C=O) groups excluding carboxylic acids is 1. The van der Waals surface area contributed by atoms with Crippen molar-refractivity contribution in [3.05, 3.63) is 17.5 Å². The van der Waals surface area contributed by atoms with Gasteiger partial charge >= 0.3 is 5.97 Å². The number of hydrogen-bond donors (Lipinski definition) is 2. The van der Waals surface area contributed by atoms with Crippen LogP contribution in [-0.4, -0.2) is 43.0 Å². The maximum absolute atomic E-state index is 11.5. The zero-order chi connectivity index (χ0) is 11.8. The number of rotatable bonds is 7. The second-order valence-electron chi connectivity index (χ2n) is 3.16. The second kappa shape index (κ2) is 6.97. The first-order chi connectivity index (χ1) is 7.79. The van der Waals surface area contributed by atoms with Crippen LogP contribution in [0, 0.1) is 0 Å². The number of methoxy groups -OCH3 is 1. The topological polar surface area (TPSA) is 76.2 Å². The third-order valence-corrected chi connectivity index (χ3v) is 2.00. The van der Waals surface area contributed by atoms with E-state index in [1.807, 2.05) is 0 Å². The van der Waals surface area contributed by atoms with Crippen LogP contribution in [-0.2, 0) is 16.0 Å². The smallest absolute Gasteiger partial charge is 0.356 e. The van der Waals surface area contributed by atoms with E-state index in [1.165, 1.54) is 0 Å². The molecule has 6 heteroatoms. The molecule has 0 amide bonds. The number of nitrogens with one attached hydrogen (secondary N) is 2. The van der Waals surface area contributed by atoms with E-state index in [2.05, 4.69) is 15.5 Å². The van der Waals surface area contributed by atoms with Crippen molar-refractivity contribution in [3.8, 4) is 0 Å². The molecule has 0 aliphatic rings. The van der Waals surface area contributed by atoms with Gasteiger partial charge in [-0.2, -0.15) is 5.10 Å². The Balaban J connectivity index is 2.47. The van der Waals surface area contributed by atoms with E-state index in [0.29, 0.717) is 25.5 Å². The Hall–Kier alpha value is -1.40. The van der Waals surface area contributed by atoms with Crippen molar-refractivity contribution >= 4 is 5.97 Å². The molecule has 0 bridgehead atoms. The summed E-state index contributed by atoms with van der Waals surface area (Å²) in [5, 5.41) is 9.60. The van der Waals surface area contributed by atoms with Crippen molar-refractivity contribution in [1.82, 2.24) is 15.5 Å². The quantitative estimate of drug-likeness (QED) is 0.518. The highest BCUT2D eigenvalue weighted by Crippen LogP contribution is 2.05. The third-order valence-electron chi connectivity index (χ3n) is 2.00. The minimum Gasteiger partial charge on any atom is -0.461 e. The Morgan fingerprint density at radius 3 is 3.12 bits per heavy atom. The van der Waals surface area contributed by atoms with Gasteiger partial charge in [-0.3, -0.25) is 5.10 Å². The standard InChI is InChI=1S/C10H17N3O3/c1-3-16-10(14)9-8(7-12-13-9)6-11-4-5-15-2/h7,11H,3-6H2,1-2H3,(H,12,13). The van der Waals surface area contributed by atoms with Gasteiger partial charge in [-0.25, -0.2) is 4.79 Å². The molecule has 0 saturated heterocycles. The molecule has 1 aromatic heterocycles. The van der Waals surface area contributed by atoms with Gasteiger partial charge in [0, 0.05) is 25.8 Å². The molecule has 0 saturated carbocycles. The summed E-state index contributed by atoms with van der Waals surface area (Å²) in [6, 6.07) is 0. The number of nitrogens with zero attached hydrogens (tertiary/aromatic N) is 1. The van der Waals surface area contributed by atoms with Gasteiger partial charge in [0.15, 0.2) is 0 Å². The molecule has 0 fully saturated rings. The van der Waals surface area contributed by atoms with E-state index in [9.17, 15) is 4.79 Å². The highest BCUT2D eigenvalue weighted by molar-refractivity contribution is 5.88. The Morgan fingerprint density at radius 1 is 1.62 bits per heavy atom. The van der Waals surface area contributed by atoms with Crippen LogP contribution in [0.1, 0.15) is 23.0 Å². The molecular formula is C10H17N3O3. The summed E-state index contributed by atoms with van der Waals surface area (Å²) >= 11 is 0. The monoisotopic (exact) mass is 227 g/mol.